The van der Waals surface area contributed by atoms with Crippen LogP contribution in [0, 0.1) is 0 Å². The van der Waals surface area contributed by atoms with Crippen LogP contribution in [-0.2, 0) is 9.53 Å². The number of aliphatic carboxylic acids is 1. The van der Waals surface area contributed by atoms with E-state index in [1.807, 2.05) is 31.2 Å². The number of unbranched alkanes of at least 4 members (excludes halogenated alkanes) is 1. The minimum absolute atomic E-state index is 0.337. The van der Waals surface area contributed by atoms with E-state index in [2.05, 4.69) is 5.32 Å². The summed E-state index contributed by atoms with van der Waals surface area (Å²) in [5.74, 6) is -0.997. The highest BCUT2D eigenvalue weighted by atomic mass is 16.5. The zero-order valence-electron chi connectivity index (χ0n) is 11.9. The van der Waals surface area contributed by atoms with E-state index in [4.69, 9.17) is 15.6 Å². The molecule has 0 saturated carbocycles. The molecule has 1 amide bonds. The number of ether oxygens (including phenoxy) is 1. The SMILES string of the molecule is C/C=C/C=C/CCOC(=O)NCCCC[C@H](N)C(=O)O. The molecule has 0 aromatic rings. The van der Waals surface area contributed by atoms with Crippen LogP contribution in [0.1, 0.15) is 32.6 Å². The Balaban J connectivity index is 3.43. The maximum atomic E-state index is 11.2. The molecule has 4 N–H and O–H groups in total. The van der Waals surface area contributed by atoms with Gasteiger partial charge in [0.15, 0.2) is 0 Å². The number of carbonyl (C=O) groups excluding carboxylic acids is 1. The van der Waals surface area contributed by atoms with Crippen LogP contribution in [0.4, 0.5) is 4.79 Å². The van der Waals surface area contributed by atoms with Crippen molar-refractivity contribution < 1.29 is 19.4 Å². The van der Waals surface area contributed by atoms with Gasteiger partial charge < -0.3 is 20.9 Å². The predicted octanol–water partition coefficient (Wildman–Crippen LogP) is 1.82. The molecule has 0 bridgehead atoms. The molecule has 0 rings (SSSR count). The Morgan fingerprint density at radius 1 is 1.35 bits per heavy atom. The number of hydrogen-bond donors (Lipinski definition) is 3. The zero-order valence-corrected chi connectivity index (χ0v) is 11.9. The van der Waals surface area contributed by atoms with Gasteiger partial charge in [0, 0.05) is 6.54 Å². The summed E-state index contributed by atoms with van der Waals surface area (Å²) in [6.45, 7) is 2.72. The van der Waals surface area contributed by atoms with Crippen molar-refractivity contribution in [2.24, 2.45) is 5.73 Å². The van der Waals surface area contributed by atoms with E-state index < -0.39 is 18.1 Å². The Kier molecular flexibility index (Phi) is 11.1. The van der Waals surface area contributed by atoms with Crippen molar-refractivity contribution in [3.8, 4) is 0 Å². The minimum atomic E-state index is -0.997. The fourth-order valence-corrected chi connectivity index (χ4v) is 1.36. The molecule has 20 heavy (non-hydrogen) atoms. The average molecular weight is 284 g/mol. The molecule has 0 saturated heterocycles. The summed E-state index contributed by atoms with van der Waals surface area (Å²) >= 11 is 0. The number of alkyl carbamates (subject to hydrolysis) is 1. The molecule has 6 heteroatoms. The molecule has 6 nitrogen and oxygen atoms in total. The molecular weight excluding hydrogens is 260 g/mol. The quantitative estimate of drug-likeness (QED) is 0.419. The van der Waals surface area contributed by atoms with Gasteiger partial charge in [-0.1, -0.05) is 24.3 Å². The van der Waals surface area contributed by atoms with E-state index >= 15 is 0 Å². The van der Waals surface area contributed by atoms with Crippen LogP contribution >= 0.6 is 0 Å². The first-order valence-electron chi connectivity index (χ1n) is 6.74. The van der Waals surface area contributed by atoms with Gasteiger partial charge in [0.2, 0.25) is 0 Å². The lowest BCUT2D eigenvalue weighted by atomic mass is 10.1. The van der Waals surface area contributed by atoms with Crippen molar-refractivity contribution in [3.05, 3.63) is 24.3 Å². The molecule has 0 aromatic heterocycles. The summed E-state index contributed by atoms with van der Waals surface area (Å²) < 4.78 is 4.94. The van der Waals surface area contributed by atoms with Gasteiger partial charge in [-0.2, -0.15) is 0 Å². The summed E-state index contributed by atoms with van der Waals surface area (Å²) in [6.07, 6.45) is 9.59. The smallest absolute Gasteiger partial charge is 0.407 e. The van der Waals surface area contributed by atoms with Crippen LogP contribution in [-0.4, -0.2) is 36.4 Å². The molecule has 0 aliphatic carbocycles. The molecule has 0 unspecified atom stereocenters. The Hall–Kier alpha value is -1.82. The van der Waals surface area contributed by atoms with Gasteiger partial charge in [-0.05, 0) is 32.6 Å². The highest BCUT2D eigenvalue weighted by molar-refractivity contribution is 5.72. The first-order valence-corrected chi connectivity index (χ1v) is 6.74. The van der Waals surface area contributed by atoms with Gasteiger partial charge in [-0.25, -0.2) is 4.79 Å². The van der Waals surface area contributed by atoms with E-state index in [0.717, 1.165) is 0 Å². The number of nitrogens with one attached hydrogen (secondary N) is 1. The lowest BCUT2D eigenvalue weighted by Gasteiger charge is -2.07. The van der Waals surface area contributed by atoms with Gasteiger partial charge in [0.1, 0.15) is 6.04 Å². The Labute approximate surface area is 119 Å². The van der Waals surface area contributed by atoms with Crippen molar-refractivity contribution >= 4 is 12.1 Å². The first kappa shape index (κ1) is 18.2. The Bertz CT molecular complexity index is 340. The number of carboxylic acids is 1. The lowest BCUT2D eigenvalue weighted by molar-refractivity contribution is -0.138. The van der Waals surface area contributed by atoms with Crippen molar-refractivity contribution in [1.29, 1.82) is 0 Å². The number of carboxylic acid groups (broad SMARTS) is 1. The predicted molar refractivity (Wildman–Crippen MR) is 77.4 cm³/mol. The number of allylic oxidation sites excluding steroid dienone is 3. The largest absolute Gasteiger partial charge is 0.480 e. The number of carbonyl (C=O) groups is 2. The average Bonchev–Trinajstić information content (AvgIpc) is 2.41. The number of hydrogen-bond acceptors (Lipinski definition) is 4. The standard InChI is InChI=1S/C14H24N2O4/c1-2-3-4-5-8-11-20-14(19)16-10-7-6-9-12(15)13(17)18/h2-5,12H,6-11,15H2,1H3,(H,16,19)(H,17,18)/b3-2+,5-4+/t12-/m0/s1. The van der Waals surface area contributed by atoms with Crippen LogP contribution in [0.3, 0.4) is 0 Å². The number of rotatable bonds is 10. The van der Waals surface area contributed by atoms with E-state index in [-0.39, 0.29) is 0 Å². The lowest BCUT2D eigenvalue weighted by Crippen LogP contribution is -2.30. The monoisotopic (exact) mass is 284 g/mol. The molecule has 0 heterocycles. The molecule has 0 aromatic carbocycles. The molecule has 0 aliphatic heterocycles. The molecule has 114 valence electrons. The molecule has 0 fully saturated rings. The molecule has 0 aliphatic rings. The second-order valence-corrected chi connectivity index (χ2v) is 4.25. The molecular formula is C14H24N2O4. The maximum absolute atomic E-state index is 11.2. The third-order valence-electron chi connectivity index (χ3n) is 2.49. The molecule has 0 spiro atoms. The third-order valence-corrected chi connectivity index (χ3v) is 2.49. The fraction of sp³-hybridized carbons (Fsp3) is 0.571. The van der Waals surface area contributed by atoms with Gasteiger partial charge in [0.25, 0.3) is 0 Å². The zero-order chi connectivity index (χ0) is 15.2. The highest BCUT2D eigenvalue weighted by Crippen LogP contribution is 1.98. The molecule has 1 atom stereocenters. The van der Waals surface area contributed by atoms with Crippen LogP contribution in [0.5, 0.6) is 0 Å². The topological polar surface area (TPSA) is 102 Å². The number of nitrogens with two attached hydrogens (primary N) is 1. The highest BCUT2D eigenvalue weighted by Gasteiger charge is 2.10. The Morgan fingerprint density at radius 2 is 2.10 bits per heavy atom. The van der Waals surface area contributed by atoms with E-state index in [9.17, 15) is 9.59 Å². The van der Waals surface area contributed by atoms with Crippen molar-refractivity contribution in [2.75, 3.05) is 13.2 Å². The number of amides is 1. The second kappa shape index (κ2) is 12.2. The maximum Gasteiger partial charge on any atom is 0.407 e. The van der Waals surface area contributed by atoms with Gasteiger partial charge >= 0.3 is 12.1 Å². The van der Waals surface area contributed by atoms with Crippen LogP contribution < -0.4 is 11.1 Å². The Morgan fingerprint density at radius 3 is 2.75 bits per heavy atom. The fourth-order valence-electron chi connectivity index (χ4n) is 1.36. The van der Waals surface area contributed by atoms with Crippen LogP contribution in [0.25, 0.3) is 0 Å². The summed E-state index contributed by atoms with van der Waals surface area (Å²) in [5.41, 5.74) is 5.35. The summed E-state index contributed by atoms with van der Waals surface area (Å²) in [7, 11) is 0. The summed E-state index contributed by atoms with van der Waals surface area (Å²) in [5, 5.41) is 11.2. The van der Waals surface area contributed by atoms with Gasteiger partial charge in [-0.3, -0.25) is 4.79 Å². The summed E-state index contributed by atoms with van der Waals surface area (Å²) in [4.78, 5) is 21.7. The van der Waals surface area contributed by atoms with Crippen molar-refractivity contribution in [3.63, 3.8) is 0 Å². The van der Waals surface area contributed by atoms with E-state index in [1.165, 1.54) is 0 Å². The van der Waals surface area contributed by atoms with Crippen molar-refractivity contribution in [2.45, 2.75) is 38.6 Å². The van der Waals surface area contributed by atoms with E-state index in [1.54, 1.807) is 0 Å². The molecule has 0 radical (unpaired) electrons. The van der Waals surface area contributed by atoms with Gasteiger partial charge in [-0.15, -0.1) is 0 Å². The normalized spacial score (nSPS) is 12.7. The summed E-state index contributed by atoms with van der Waals surface area (Å²) in [6, 6.07) is -0.828. The van der Waals surface area contributed by atoms with E-state index in [0.29, 0.717) is 38.8 Å². The first-order chi connectivity index (χ1) is 9.57. The third kappa shape index (κ3) is 11.3. The van der Waals surface area contributed by atoms with Crippen LogP contribution in [0.15, 0.2) is 24.3 Å². The van der Waals surface area contributed by atoms with Crippen molar-refractivity contribution in [1.82, 2.24) is 5.32 Å². The minimum Gasteiger partial charge on any atom is -0.480 e. The second-order valence-electron chi connectivity index (χ2n) is 4.25. The van der Waals surface area contributed by atoms with Gasteiger partial charge in [0.05, 0.1) is 6.61 Å². The van der Waals surface area contributed by atoms with Crippen LogP contribution in [0.2, 0.25) is 0 Å².